The summed E-state index contributed by atoms with van der Waals surface area (Å²) in [6, 6.07) is 14.2. The van der Waals surface area contributed by atoms with Crippen molar-refractivity contribution in [3.63, 3.8) is 0 Å². The van der Waals surface area contributed by atoms with E-state index in [2.05, 4.69) is 5.32 Å². The number of nitrogens with zero attached hydrogens (tertiary/aromatic N) is 1. The maximum atomic E-state index is 13.1. The van der Waals surface area contributed by atoms with E-state index in [4.69, 9.17) is 9.47 Å². The Kier molecular flexibility index (Phi) is 7.33. The van der Waals surface area contributed by atoms with Gasteiger partial charge in [0.1, 0.15) is 19.2 Å². The number of ether oxygens (including phenoxy) is 2. The maximum Gasteiger partial charge on any atom is 0.407 e. The molecule has 184 valence electrons. The molecule has 0 saturated heterocycles. The molecule has 4 rings (SSSR count). The molecule has 2 aromatic carbocycles. The molecule has 2 aromatic rings. The van der Waals surface area contributed by atoms with Gasteiger partial charge in [0.25, 0.3) is 0 Å². The summed E-state index contributed by atoms with van der Waals surface area (Å²) in [6.07, 6.45) is -0.112. The first-order valence-corrected chi connectivity index (χ1v) is 11.7. The third kappa shape index (κ3) is 5.62. The lowest BCUT2D eigenvalue weighted by molar-refractivity contribution is -0.150. The van der Waals surface area contributed by atoms with Crippen LogP contribution in [0.4, 0.5) is 4.79 Å². The van der Waals surface area contributed by atoms with Gasteiger partial charge in [0, 0.05) is 12.0 Å². The van der Waals surface area contributed by atoms with E-state index in [-0.39, 0.29) is 31.7 Å². The molecule has 9 heteroatoms. The second-order valence-corrected chi connectivity index (χ2v) is 8.62. The van der Waals surface area contributed by atoms with Gasteiger partial charge in [-0.2, -0.15) is 0 Å². The normalized spacial score (nSPS) is 14.9. The van der Waals surface area contributed by atoms with Crippen molar-refractivity contribution < 1.29 is 33.8 Å². The molecule has 1 atom stereocenters. The molecule has 0 radical (unpaired) electrons. The number of amides is 2. The smallest absolute Gasteiger partial charge is 0.407 e. The molecule has 0 bridgehead atoms. The van der Waals surface area contributed by atoms with Crippen LogP contribution in [0.15, 0.2) is 48.5 Å². The second kappa shape index (κ2) is 10.6. The number of carbonyl (C=O) groups excluding carboxylic acids is 3. The Balaban J connectivity index is 1.43. The zero-order valence-electron chi connectivity index (χ0n) is 19.4. The van der Waals surface area contributed by atoms with E-state index in [1.165, 1.54) is 4.90 Å². The van der Waals surface area contributed by atoms with Gasteiger partial charge in [-0.05, 0) is 42.0 Å². The van der Waals surface area contributed by atoms with Crippen LogP contribution in [-0.2, 0) is 23.9 Å². The number of hydrogen-bond donors (Lipinski definition) is 2. The number of hydrogen-bond acceptors (Lipinski definition) is 6. The number of carbonyl (C=O) groups is 4. The number of carboxylic acids is 1. The van der Waals surface area contributed by atoms with Crippen LogP contribution in [-0.4, -0.2) is 65.8 Å². The number of aliphatic carboxylic acids is 1. The standard InChI is InChI=1S/C26H28N2O7/c1-2-34-24(31)14-28(16-11-12-16)25(32)22(13-23(29)30)27-26(33)35-15-21-19-9-5-3-7-17(19)18-8-4-6-10-20(18)21/h3-10,16,21-22H,2,11-15H2,1H3,(H,27,33)(H,29,30). The number of fused-ring (bicyclic) bond motifs is 3. The molecule has 35 heavy (non-hydrogen) atoms. The van der Waals surface area contributed by atoms with Gasteiger partial charge in [0.15, 0.2) is 0 Å². The number of alkyl carbamates (subject to hydrolysis) is 1. The summed E-state index contributed by atoms with van der Waals surface area (Å²) in [5.41, 5.74) is 4.23. The third-order valence-corrected chi connectivity index (χ3v) is 6.19. The van der Waals surface area contributed by atoms with Crippen molar-refractivity contribution in [2.75, 3.05) is 19.8 Å². The lowest BCUT2D eigenvalue weighted by atomic mass is 9.98. The highest BCUT2D eigenvalue weighted by Crippen LogP contribution is 2.44. The van der Waals surface area contributed by atoms with Crippen LogP contribution in [0.3, 0.4) is 0 Å². The Morgan fingerprint density at radius 1 is 1.00 bits per heavy atom. The van der Waals surface area contributed by atoms with Crippen LogP contribution >= 0.6 is 0 Å². The molecule has 2 aliphatic rings. The highest BCUT2D eigenvalue weighted by atomic mass is 16.5. The van der Waals surface area contributed by atoms with Crippen LogP contribution in [0, 0.1) is 0 Å². The molecule has 2 amide bonds. The van der Waals surface area contributed by atoms with Gasteiger partial charge in [-0.3, -0.25) is 14.4 Å². The molecule has 0 aliphatic heterocycles. The van der Waals surface area contributed by atoms with Crippen LogP contribution in [0.25, 0.3) is 11.1 Å². The first-order chi connectivity index (χ1) is 16.9. The topological polar surface area (TPSA) is 122 Å². The molecule has 0 heterocycles. The predicted octanol–water partition coefficient (Wildman–Crippen LogP) is 2.92. The molecule has 9 nitrogen and oxygen atoms in total. The zero-order valence-corrected chi connectivity index (χ0v) is 19.4. The van der Waals surface area contributed by atoms with E-state index in [0.29, 0.717) is 12.8 Å². The minimum absolute atomic E-state index is 0.0308. The summed E-state index contributed by atoms with van der Waals surface area (Å²) in [5.74, 6) is -2.65. The van der Waals surface area contributed by atoms with E-state index < -0.39 is 36.4 Å². The number of rotatable bonds is 10. The van der Waals surface area contributed by atoms with Gasteiger partial charge in [-0.1, -0.05) is 48.5 Å². The van der Waals surface area contributed by atoms with Crippen LogP contribution in [0.5, 0.6) is 0 Å². The van der Waals surface area contributed by atoms with Crippen molar-refractivity contribution >= 4 is 23.9 Å². The molecule has 0 aromatic heterocycles. The molecule has 1 fully saturated rings. The van der Waals surface area contributed by atoms with Gasteiger partial charge in [0.05, 0.1) is 13.0 Å². The minimum atomic E-state index is -1.36. The van der Waals surface area contributed by atoms with Gasteiger partial charge in [-0.15, -0.1) is 0 Å². The van der Waals surface area contributed by atoms with E-state index in [1.54, 1.807) is 6.92 Å². The monoisotopic (exact) mass is 480 g/mol. The van der Waals surface area contributed by atoms with E-state index in [1.807, 2.05) is 48.5 Å². The molecular weight excluding hydrogens is 452 g/mol. The number of nitrogens with one attached hydrogen (secondary N) is 1. The van der Waals surface area contributed by atoms with Crippen molar-refractivity contribution in [2.24, 2.45) is 0 Å². The third-order valence-electron chi connectivity index (χ3n) is 6.19. The molecule has 1 saturated carbocycles. The summed E-state index contributed by atoms with van der Waals surface area (Å²) in [4.78, 5) is 50.4. The SMILES string of the molecule is CCOC(=O)CN(C(=O)C(CC(=O)O)NC(=O)OCC1c2ccccc2-c2ccccc21)C1CC1. The molecule has 2 aliphatic carbocycles. The summed E-state index contributed by atoms with van der Waals surface area (Å²) in [5, 5.41) is 11.7. The summed E-state index contributed by atoms with van der Waals surface area (Å²) >= 11 is 0. The molecule has 1 unspecified atom stereocenters. The fourth-order valence-corrected chi connectivity index (χ4v) is 4.48. The maximum absolute atomic E-state index is 13.1. The van der Waals surface area contributed by atoms with E-state index in [9.17, 15) is 24.3 Å². The zero-order chi connectivity index (χ0) is 24.9. The quantitative estimate of drug-likeness (QED) is 0.501. The lowest BCUT2D eigenvalue weighted by Crippen LogP contribution is -2.51. The fourth-order valence-electron chi connectivity index (χ4n) is 4.48. The largest absolute Gasteiger partial charge is 0.481 e. The van der Waals surface area contributed by atoms with Crippen molar-refractivity contribution in [3.05, 3.63) is 59.7 Å². The molecular formula is C26H28N2O7. The minimum Gasteiger partial charge on any atom is -0.481 e. The Labute approximate surface area is 203 Å². The highest BCUT2D eigenvalue weighted by molar-refractivity contribution is 5.91. The Hall–Kier alpha value is -3.88. The van der Waals surface area contributed by atoms with Gasteiger partial charge in [0.2, 0.25) is 5.91 Å². The average Bonchev–Trinajstić information content (AvgIpc) is 3.63. The Bertz CT molecular complexity index is 1080. The highest BCUT2D eigenvalue weighted by Gasteiger charge is 2.39. The lowest BCUT2D eigenvalue weighted by Gasteiger charge is -2.26. The number of carboxylic acid groups (broad SMARTS) is 1. The van der Waals surface area contributed by atoms with Gasteiger partial charge < -0.3 is 24.8 Å². The fraction of sp³-hybridized carbons (Fsp3) is 0.385. The van der Waals surface area contributed by atoms with Crippen LogP contribution in [0.1, 0.15) is 43.2 Å². The number of esters is 1. The van der Waals surface area contributed by atoms with Crippen LogP contribution < -0.4 is 5.32 Å². The van der Waals surface area contributed by atoms with Crippen molar-refractivity contribution in [1.82, 2.24) is 10.2 Å². The Morgan fingerprint density at radius 2 is 1.60 bits per heavy atom. The first-order valence-electron chi connectivity index (χ1n) is 11.7. The van der Waals surface area contributed by atoms with E-state index >= 15 is 0 Å². The van der Waals surface area contributed by atoms with Crippen molar-refractivity contribution in [2.45, 2.75) is 44.2 Å². The summed E-state index contributed by atoms with van der Waals surface area (Å²) < 4.78 is 10.4. The first kappa shape index (κ1) is 24.3. The van der Waals surface area contributed by atoms with Gasteiger partial charge >= 0.3 is 18.0 Å². The van der Waals surface area contributed by atoms with Crippen molar-refractivity contribution in [3.8, 4) is 11.1 Å². The second-order valence-electron chi connectivity index (χ2n) is 8.62. The Morgan fingerprint density at radius 3 is 2.14 bits per heavy atom. The van der Waals surface area contributed by atoms with Crippen molar-refractivity contribution in [1.29, 1.82) is 0 Å². The number of benzene rings is 2. The molecule has 2 N–H and O–H groups in total. The van der Waals surface area contributed by atoms with Gasteiger partial charge in [-0.25, -0.2) is 4.79 Å². The molecule has 0 spiro atoms. The summed E-state index contributed by atoms with van der Waals surface area (Å²) in [6.45, 7) is 1.57. The van der Waals surface area contributed by atoms with Crippen LogP contribution in [0.2, 0.25) is 0 Å². The average molecular weight is 481 g/mol. The summed E-state index contributed by atoms with van der Waals surface area (Å²) in [7, 11) is 0. The predicted molar refractivity (Wildman–Crippen MR) is 126 cm³/mol. The van der Waals surface area contributed by atoms with E-state index in [0.717, 1.165) is 22.3 Å².